The van der Waals surface area contributed by atoms with Gasteiger partial charge in [0.25, 0.3) is 6.43 Å². The minimum atomic E-state index is -2.84. The van der Waals surface area contributed by atoms with Gasteiger partial charge in [0.05, 0.1) is 12.7 Å². The SMILES string of the molecule is COC(=O)c1nc(I)cc(C(F)F)c1C#N. The molecule has 4 nitrogen and oxygen atoms in total. The number of hydrogen-bond acceptors (Lipinski definition) is 4. The van der Waals surface area contributed by atoms with E-state index in [9.17, 15) is 13.6 Å². The molecule has 0 atom stereocenters. The minimum Gasteiger partial charge on any atom is -0.464 e. The number of pyridine rings is 1. The number of halogens is 3. The molecular weight excluding hydrogens is 333 g/mol. The Bertz CT molecular complexity index is 471. The zero-order valence-electron chi connectivity index (χ0n) is 8.00. The molecule has 1 aromatic heterocycles. The van der Waals surface area contributed by atoms with Crippen molar-refractivity contribution in [3.63, 3.8) is 0 Å². The number of aromatic nitrogens is 1. The fraction of sp³-hybridized carbons (Fsp3) is 0.222. The molecule has 84 valence electrons. The molecule has 0 aliphatic carbocycles. The standard InChI is InChI=1S/C9H5F2IN2O2/c1-16-9(15)7-5(3-13)4(8(10)11)2-6(12)14-7/h2,8H,1H3. The Balaban J connectivity index is 3.50. The van der Waals surface area contributed by atoms with Gasteiger partial charge in [-0.2, -0.15) is 5.26 Å². The molecule has 0 spiro atoms. The highest BCUT2D eigenvalue weighted by Gasteiger charge is 2.23. The van der Waals surface area contributed by atoms with Crippen molar-refractivity contribution in [2.24, 2.45) is 0 Å². The molecule has 0 amide bonds. The Morgan fingerprint density at radius 3 is 2.75 bits per heavy atom. The first-order valence-electron chi connectivity index (χ1n) is 3.98. The second-order valence-electron chi connectivity index (χ2n) is 2.66. The lowest BCUT2D eigenvalue weighted by Gasteiger charge is -2.07. The van der Waals surface area contributed by atoms with Gasteiger partial charge in [0.1, 0.15) is 9.77 Å². The van der Waals surface area contributed by atoms with Gasteiger partial charge >= 0.3 is 5.97 Å². The van der Waals surface area contributed by atoms with Crippen molar-refractivity contribution >= 4 is 28.6 Å². The molecule has 0 aliphatic rings. The lowest BCUT2D eigenvalue weighted by molar-refractivity contribution is 0.0592. The summed E-state index contributed by atoms with van der Waals surface area (Å²) in [6.07, 6.45) is -2.84. The third kappa shape index (κ3) is 2.44. The highest BCUT2D eigenvalue weighted by atomic mass is 127. The number of rotatable bonds is 2. The monoisotopic (exact) mass is 338 g/mol. The van der Waals surface area contributed by atoms with Crippen molar-refractivity contribution in [1.29, 1.82) is 5.26 Å². The number of carbonyl (C=O) groups is 1. The van der Waals surface area contributed by atoms with Crippen LogP contribution in [0.5, 0.6) is 0 Å². The highest BCUT2D eigenvalue weighted by Crippen LogP contribution is 2.26. The van der Waals surface area contributed by atoms with Crippen molar-refractivity contribution in [2.75, 3.05) is 7.11 Å². The van der Waals surface area contributed by atoms with Crippen molar-refractivity contribution in [1.82, 2.24) is 4.98 Å². The van der Waals surface area contributed by atoms with Gasteiger partial charge < -0.3 is 4.74 Å². The van der Waals surface area contributed by atoms with Gasteiger partial charge in [0, 0.05) is 5.56 Å². The molecule has 0 fully saturated rings. The summed E-state index contributed by atoms with van der Waals surface area (Å²) in [5, 5.41) is 8.75. The van der Waals surface area contributed by atoms with Crippen LogP contribution in [0.25, 0.3) is 0 Å². The topological polar surface area (TPSA) is 63.0 Å². The van der Waals surface area contributed by atoms with E-state index in [1.54, 1.807) is 28.7 Å². The maximum absolute atomic E-state index is 12.6. The van der Waals surface area contributed by atoms with Crippen LogP contribution in [-0.2, 0) is 4.74 Å². The van der Waals surface area contributed by atoms with Crippen LogP contribution in [0, 0.1) is 15.0 Å². The van der Waals surface area contributed by atoms with E-state index in [4.69, 9.17) is 5.26 Å². The molecule has 0 radical (unpaired) electrons. The summed E-state index contributed by atoms with van der Waals surface area (Å²) < 4.78 is 29.8. The predicted molar refractivity (Wildman–Crippen MR) is 58.0 cm³/mol. The minimum absolute atomic E-state index is 0.201. The van der Waals surface area contributed by atoms with Crippen LogP contribution in [-0.4, -0.2) is 18.1 Å². The van der Waals surface area contributed by atoms with Gasteiger partial charge in [-0.25, -0.2) is 18.6 Å². The molecule has 1 heterocycles. The Labute approximate surface area is 103 Å². The molecule has 0 aromatic carbocycles. The summed E-state index contributed by atoms with van der Waals surface area (Å²) in [7, 11) is 1.09. The van der Waals surface area contributed by atoms with E-state index in [1.165, 1.54) is 0 Å². The largest absolute Gasteiger partial charge is 0.464 e. The van der Waals surface area contributed by atoms with Gasteiger partial charge in [-0.05, 0) is 28.7 Å². The predicted octanol–water partition coefficient (Wildman–Crippen LogP) is 2.28. The Kier molecular flexibility index (Phi) is 4.12. The van der Waals surface area contributed by atoms with E-state index in [0.29, 0.717) is 0 Å². The smallest absolute Gasteiger partial charge is 0.358 e. The van der Waals surface area contributed by atoms with E-state index in [-0.39, 0.29) is 9.39 Å². The van der Waals surface area contributed by atoms with Crippen LogP contribution in [0.3, 0.4) is 0 Å². The molecular formula is C9H5F2IN2O2. The molecule has 0 saturated carbocycles. The van der Waals surface area contributed by atoms with Gasteiger partial charge in [-0.1, -0.05) is 0 Å². The molecule has 0 bridgehead atoms. The third-order valence-corrected chi connectivity index (χ3v) is 2.30. The second kappa shape index (κ2) is 5.16. The molecule has 0 unspecified atom stereocenters. The maximum Gasteiger partial charge on any atom is 0.358 e. The van der Waals surface area contributed by atoms with Crippen molar-refractivity contribution in [2.45, 2.75) is 6.43 Å². The molecule has 1 rings (SSSR count). The van der Waals surface area contributed by atoms with Crippen LogP contribution in [0.15, 0.2) is 6.07 Å². The quantitative estimate of drug-likeness (QED) is 0.472. The van der Waals surface area contributed by atoms with Crippen LogP contribution >= 0.6 is 22.6 Å². The molecule has 7 heteroatoms. The second-order valence-corrected chi connectivity index (χ2v) is 3.77. The van der Waals surface area contributed by atoms with E-state index in [0.717, 1.165) is 13.2 Å². The zero-order valence-corrected chi connectivity index (χ0v) is 10.2. The van der Waals surface area contributed by atoms with E-state index in [1.807, 2.05) is 0 Å². The number of alkyl halides is 2. The van der Waals surface area contributed by atoms with Gasteiger partial charge in [0.15, 0.2) is 5.69 Å². The summed E-state index contributed by atoms with van der Waals surface area (Å²) in [5.74, 6) is -0.906. The first-order valence-corrected chi connectivity index (χ1v) is 5.06. The zero-order chi connectivity index (χ0) is 12.3. The Hall–Kier alpha value is -1.30. The summed E-state index contributed by atoms with van der Waals surface area (Å²) in [6, 6.07) is 2.61. The van der Waals surface area contributed by atoms with E-state index >= 15 is 0 Å². The highest BCUT2D eigenvalue weighted by molar-refractivity contribution is 14.1. The van der Waals surface area contributed by atoms with Crippen molar-refractivity contribution in [3.05, 3.63) is 26.6 Å². The molecule has 16 heavy (non-hydrogen) atoms. The summed E-state index contributed by atoms with van der Waals surface area (Å²) >= 11 is 1.69. The fourth-order valence-electron chi connectivity index (χ4n) is 1.07. The number of nitrogens with zero attached hydrogens (tertiary/aromatic N) is 2. The van der Waals surface area contributed by atoms with Crippen molar-refractivity contribution < 1.29 is 18.3 Å². The number of nitriles is 1. The molecule has 0 N–H and O–H groups in total. The molecule has 0 saturated heterocycles. The van der Waals surface area contributed by atoms with Gasteiger partial charge in [-0.15, -0.1) is 0 Å². The summed E-state index contributed by atoms with van der Waals surface area (Å²) in [4.78, 5) is 15.0. The Morgan fingerprint density at radius 2 is 2.31 bits per heavy atom. The van der Waals surface area contributed by atoms with E-state index < -0.39 is 23.5 Å². The molecule has 1 aromatic rings. The maximum atomic E-state index is 12.6. The molecule has 0 aliphatic heterocycles. The van der Waals surface area contributed by atoms with Crippen LogP contribution in [0.1, 0.15) is 28.0 Å². The number of carbonyl (C=O) groups excluding carboxylic acids is 1. The number of hydrogen-bond donors (Lipinski definition) is 0. The third-order valence-electron chi connectivity index (χ3n) is 1.74. The first-order chi connectivity index (χ1) is 7.51. The normalized spacial score (nSPS) is 10.0. The Morgan fingerprint density at radius 1 is 1.69 bits per heavy atom. The van der Waals surface area contributed by atoms with Crippen LogP contribution < -0.4 is 0 Å². The van der Waals surface area contributed by atoms with Crippen LogP contribution in [0.4, 0.5) is 8.78 Å². The summed E-state index contributed by atoms with van der Waals surface area (Å²) in [5.41, 5.74) is -1.34. The van der Waals surface area contributed by atoms with Gasteiger partial charge in [-0.3, -0.25) is 0 Å². The van der Waals surface area contributed by atoms with Crippen LogP contribution in [0.2, 0.25) is 0 Å². The number of esters is 1. The average molecular weight is 338 g/mol. The number of ether oxygens (including phenoxy) is 1. The lowest BCUT2D eigenvalue weighted by atomic mass is 10.1. The van der Waals surface area contributed by atoms with Gasteiger partial charge in [0.2, 0.25) is 0 Å². The number of methoxy groups -OCH3 is 1. The summed E-state index contributed by atoms with van der Waals surface area (Å²) in [6.45, 7) is 0. The fourth-order valence-corrected chi connectivity index (χ4v) is 1.64. The van der Waals surface area contributed by atoms with Crippen molar-refractivity contribution in [3.8, 4) is 6.07 Å². The van der Waals surface area contributed by atoms with E-state index in [2.05, 4.69) is 9.72 Å². The lowest BCUT2D eigenvalue weighted by Crippen LogP contribution is -2.11. The average Bonchev–Trinajstić information content (AvgIpc) is 2.26. The first kappa shape index (κ1) is 12.8.